The van der Waals surface area contributed by atoms with Crippen LogP contribution in [0.25, 0.3) is 27.5 Å². The van der Waals surface area contributed by atoms with Gasteiger partial charge in [-0.3, -0.25) is 14.4 Å². The molecular formula is C29H26ClN5O3. The Labute approximate surface area is 223 Å². The molecule has 4 heterocycles. The second-order valence-electron chi connectivity index (χ2n) is 9.64. The molecule has 1 aliphatic heterocycles. The zero-order valence-electron chi connectivity index (χ0n) is 20.9. The molecule has 0 aliphatic carbocycles. The van der Waals surface area contributed by atoms with Crippen LogP contribution in [0.15, 0.2) is 70.4 Å². The van der Waals surface area contributed by atoms with E-state index in [4.69, 9.17) is 11.6 Å². The lowest BCUT2D eigenvalue weighted by Crippen LogP contribution is -2.31. The van der Waals surface area contributed by atoms with Gasteiger partial charge < -0.3 is 19.2 Å². The van der Waals surface area contributed by atoms with E-state index in [0.29, 0.717) is 27.0 Å². The number of carbonyl (C=O) groups is 1. The van der Waals surface area contributed by atoms with Crippen LogP contribution in [0, 0.1) is 0 Å². The highest BCUT2D eigenvalue weighted by Crippen LogP contribution is 2.24. The van der Waals surface area contributed by atoms with Crippen molar-refractivity contribution >= 4 is 50.8 Å². The number of nitrogens with zero attached hydrogens (tertiary/aromatic N) is 4. The van der Waals surface area contributed by atoms with Crippen molar-refractivity contribution in [2.24, 2.45) is 7.05 Å². The summed E-state index contributed by atoms with van der Waals surface area (Å²) in [5.41, 5.74) is 2.18. The number of carbonyl (C=O) groups excluding carboxylic acids is 1. The summed E-state index contributed by atoms with van der Waals surface area (Å²) in [6.45, 7) is 1.82. The number of para-hydroxylation sites is 2. The van der Waals surface area contributed by atoms with Crippen LogP contribution in [0.4, 0.5) is 5.82 Å². The van der Waals surface area contributed by atoms with E-state index in [1.54, 1.807) is 41.9 Å². The largest absolute Gasteiger partial charge is 0.357 e. The molecule has 0 atom stereocenters. The van der Waals surface area contributed by atoms with Crippen molar-refractivity contribution in [1.82, 2.24) is 19.3 Å². The van der Waals surface area contributed by atoms with Crippen molar-refractivity contribution < 1.29 is 4.79 Å². The molecule has 0 saturated carbocycles. The normalized spacial score (nSPS) is 13.9. The number of halogens is 1. The third-order valence-corrected chi connectivity index (χ3v) is 7.57. The van der Waals surface area contributed by atoms with Gasteiger partial charge in [-0.25, -0.2) is 4.98 Å². The van der Waals surface area contributed by atoms with E-state index >= 15 is 0 Å². The summed E-state index contributed by atoms with van der Waals surface area (Å²) in [5.74, 6) is 0.489. The lowest BCUT2D eigenvalue weighted by atomic mass is 10.1. The van der Waals surface area contributed by atoms with Crippen LogP contribution >= 0.6 is 11.6 Å². The van der Waals surface area contributed by atoms with Crippen molar-refractivity contribution in [3.63, 3.8) is 0 Å². The lowest BCUT2D eigenvalue weighted by molar-refractivity contribution is 0.0950. The predicted octanol–water partition coefficient (Wildman–Crippen LogP) is 4.27. The molecule has 5 aromatic rings. The first-order chi connectivity index (χ1) is 18.4. The van der Waals surface area contributed by atoms with Gasteiger partial charge in [0.15, 0.2) is 5.43 Å². The van der Waals surface area contributed by atoms with Crippen LogP contribution in [-0.4, -0.2) is 32.9 Å². The van der Waals surface area contributed by atoms with Gasteiger partial charge in [0.1, 0.15) is 11.3 Å². The van der Waals surface area contributed by atoms with Crippen molar-refractivity contribution in [1.29, 1.82) is 0 Å². The maximum absolute atomic E-state index is 13.6. The molecule has 192 valence electrons. The quantitative estimate of drug-likeness (QED) is 0.353. The van der Waals surface area contributed by atoms with Crippen molar-refractivity contribution in [3.8, 4) is 0 Å². The van der Waals surface area contributed by atoms with Gasteiger partial charge in [0.2, 0.25) is 0 Å². The summed E-state index contributed by atoms with van der Waals surface area (Å²) in [4.78, 5) is 47.0. The molecule has 8 nitrogen and oxygen atoms in total. The second-order valence-corrected chi connectivity index (χ2v) is 10.1. The van der Waals surface area contributed by atoms with Gasteiger partial charge in [-0.2, -0.15) is 0 Å². The number of rotatable bonds is 4. The van der Waals surface area contributed by atoms with E-state index in [-0.39, 0.29) is 34.5 Å². The highest BCUT2D eigenvalue weighted by Gasteiger charge is 2.20. The molecule has 6 rings (SSSR count). The molecule has 0 spiro atoms. The van der Waals surface area contributed by atoms with Gasteiger partial charge >= 0.3 is 0 Å². The fourth-order valence-electron chi connectivity index (χ4n) is 5.35. The Morgan fingerprint density at radius 2 is 1.74 bits per heavy atom. The molecular weight excluding hydrogens is 502 g/mol. The van der Waals surface area contributed by atoms with Crippen molar-refractivity contribution in [2.75, 3.05) is 18.0 Å². The smallest absolute Gasteiger partial charge is 0.275 e. The van der Waals surface area contributed by atoms with E-state index in [0.717, 1.165) is 37.3 Å². The van der Waals surface area contributed by atoms with Gasteiger partial charge in [-0.15, -0.1) is 0 Å². The number of hydrogen-bond acceptors (Lipinski definition) is 5. The average molecular weight is 528 g/mol. The van der Waals surface area contributed by atoms with Crippen LogP contribution in [-0.2, 0) is 13.6 Å². The summed E-state index contributed by atoms with van der Waals surface area (Å²) in [6.07, 6.45) is 5.06. The summed E-state index contributed by atoms with van der Waals surface area (Å²) >= 11 is 6.30. The first kappa shape index (κ1) is 24.2. The first-order valence-corrected chi connectivity index (χ1v) is 13.1. The second kappa shape index (κ2) is 9.61. The molecule has 1 aliphatic rings. The topological polar surface area (TPSA) is 88.7 Å². The van der Waals surface area contributed by atoms with Gasteiger partial charge in [0.25, 0.3) is 11.5 Å². The monoisotopic (exact) mass is 527 g/mol. The molecule has 9 heteroatoms. The fraction of sp³-hybridized carbons (Fsp3) is 0.241. The zero-order valence-corrected chi connectivity index (χ0v) is 21.7. The van der Waals surface area contributed by atoms with Crippen LogP contribution in [0.2, 0.25) is 5.02 Å². The number of nitrogens with one attached hydrogen (secondary N) is 1. The number of hydrogen-bond donors (Lipinski definition) is 1. The molecule has 38 heavy (non-hydrogen) atoms. The first-order valence-electron chi connectivity index (χ1n) is 12.7. The highest BCUT2D eigenvalue weighted by atomic mass is 35.5. The van der Waals surface area contributed by atoms with Crippen LogP contribution in [0.1, 0.15) is 35.2 Å². The summed E-state index contributed by atoms with van der Waals surface area (Å²) in [7, 11) is 1.68. The summed E-state index contributed by atoms with van der Waals surface area (Å²) in [5, 5.41) is 3.71. The van der Waals surface area contributed by atoms with E-state index in [9.17, 15) is 14.4 Å². The molecule has 2 aromatic carbocycles. The minimum atomic E-state index is -0.367. The number of aromatic nitrogens is 3. The molecule has 1 fully saturated rings. The van der Waals surface area contributed by atoms with Gasteiger partial charge in [0, 0.05) is 48.9 Å². The van der Waals surface area contributed by atoms with Crippen LogP contribution in [0.3, 0.4) is 0 Å². The molecule has 3 aromatic heterocycles. The van der Waals surface area contributed by atoms with E-state index in [1.807, 2.05) is 30.3 Å². The Balaban J connectivity index is 1.43. The minimum absolute atomic E-state index is 0.110. The number of pyridine rings is 2. The number of benzene rings is 2. The maximum Gasteiger partial charge on any atom is 0.275 e. The third-order valence-electron chi connectivity index (χ3n) is 7.34. The number of fused-ring (bicyclic) bond motifs is 5. The Morgan fingerprint density at radius 3 is 2.47 bits per heavy atom. The van der Waals surface area contributed by atoms with Gasteiger partial charge in [-0.05, 0) is 61.7 Å². The van der Waals surface area contributed by atoms with Crippen molar-refractivity contribution in [2.45, 2.75) is 25.8 Å². The molecule has 0 unspecified atom stereocenters. The standard InChI is InChI=1S/C29H26ClN5O3/c1-33-22-7-3-4-8-23(22)35-24-15-19(30)10-11-20(24)27(36)21(26(35)29(33)38)17-32-28(37)18-9-12-25(31-16-18)34-13-5-2-6-14-34/h3-4,7-12,15-16H,2,5-6,13-14,17H2,1H3,(H,32,37). The van der Waals surface area contributed by atoms with Gasteiger partial charge in [0.05, 0.1) is 22.1 Å². The summed E-state index contributed by atoms with van der Waals surface area (Å²) < 4.78 is 3.30. The Bertz CT molecular complexity index is 1840. The van der Waals surface area contributed by atoms with Crippen molar-refractivity contribution in [3.05, 3.63) is 97.5 Å². The molecule has 1 saturated heterocycles. The number of amides is 1. The van der Waals surface area contributed by atoms with E-state index in [1.165, 1.54) is 11.0 Å². The van der Waals surface area contributed by atoms with Crippen LogP contribution < -0.4 is 21.2 Å². The molecule has 1 amide bonds. The fourth-order valence-corrected chi connectivity index (χ4v) is 5.52. The molecule has 1 N–H and O–H groups in total. The number of anilines is 1. The van der Waals surface area contributed by atoms with Crippen LogP contribution in [0.5, 0.6) is 0 Å². The highest BCUT2D eigenvalue weighted by molar-refractivity contribution is 6.31. The maximum atomic E-state index is 13.6. The number of piperidine rings is 1. The predicted molar refractivity (Wildman–Crippen MR) is 150 cm³/mol. The average Bonchev–Trinajstić information content (AvgIpc) is 2.95. The lowest BCUT2D eigenvalue weighted by Gasteiger charge is -2.27. The number of aryl methyl sites for hydroxylation is 1. The zero-order chi connectivity index (χ0) is 26.4. The minimum Gasteiger partial charge on any atom is -0.357 e. The molecule has 0 bridgehead atoms. The summed E-state index contributed by atoms with van der Waals surface area (Å²) in [6, 6.07) is 16.1. The van der Waals surface area contributed by atoms with Gasteiger partial charge in [-0.1, -0.05) is 23.7 Å². The SMILES string of the molecule is Cn1c(=O)c2c(CNC(=O)c3ccc(N4CCCCC4)nc3)c(=O)c3ccc(Cl)cc3n2c2ccccc21. The van der Waals surface area contributed by atoms with E-state index in [2.05, 4.69) is 15.2 Å². The Morgan fingerprint density at radius 1 is 0.974 bits per heavy atom. The van der Waals surface area contributed by atoms with E-state index < -0.39 is 0 Å². The Kier molecular flexibility index (Phi) is 6.12. The molecule has 0 radical (unpaired) electrons. The Hall–Kier alpha value is -4.17. The third kappa shape index (κ3) is 4.01.